The summed E-state index contributed by atoms with van der Waals surface area (Å²) in [7, 11) is 0. The quantitative estimate of drug-likeness (QED) is 0.0873. The maximum Gasteiger partial charge on any atom is 0.326 e. The van der Waals surface area contributed by atoms with Crippen molar-refractivity contribution in [2.75, 3.05) is 0 Å². The lowest BCUT2D eigenvalue weighted by atomic mass is 9.97. The second-order valence-corrected chi connectivity index (χ2v) is 15.2. The number of nitrogens with one attached hydrogen (secondary N) is 6. The van der Waals surface area contributed by atoms with Gasteiger partial charge in [0.1, 0.15) is 30.2 Å². The van der Waals surface area contributed by atoms with Crippen LogP contribution in [0.3, 0.4) is 0 Å². The first-order chi connectivity index (χ1) is 23.2. The van der Waals surface area contributed by atoms with E-state index >= 15 is 0 Å². The Morgan fingerprint density at radius 2 is 1.02 bits per heavy atom. The van der Waals surface area contributed by atoms with Gasteiger partial charge in [0.2, 0.25) is 29.5 Å². The molecule has 1 heterocycles. The van der Waals surface area contributed by atoms with Gasteiger partial charge < -0.3 is 42.4 Å². The molecular weight excluding hydrogens is 644 g/mol. The van der Waals surface area contributed by atoms with Crippen LogP contribution in [0.25, 0.3) is 0 Å². The lowest BCUT2D eigenvalue weighted by molar-refractivity contribution is -0.142. The molecule has 6 atom stereocenters. The molecule has 0 aliphatic heterocycles. The highest BCUT2D eigenvalue weighted by molar-refractivity contribution is 5.96. The first-order valence-corrected chi connectivity index (χ1v) is 17.7. The zero-order valence-corrected chi connectivity index (χ0v) is 31.5. The summed E-state index contributed by atoms with van der Waals surface area (Å²) in [5, 5.41) is 23.3. The van der Waals surface area contributed by atoms with Crippen LogP contribution < -0.4 is 32.3 Å². The van der Waals surface area contributed by atoms with Crippen LogP contribution >= 0.6 is 0 Å². The van der Waals surface area contributed by atoms with E-state index in [-0.39, 0.29) is 42.9 Å². The molecule has 5 amide bonds. The average molecular weight is 707 g/mol. The van der Waals surface area contributed by atoms with Gasteiger partial charge in [-0.25, -0.2) is 9.78 Å². The Morgan fingerprint density at radius 3 is 1.38 bits per heavy atom. The number of nitrogens with zero attached hydrogens (tertiary/aromatic N) is 1. The van der Waals surface area contributed by atoms with Gasteiger partial charge >= 0.3 is 5.97 Å². The Kier molecular flexibility index (Phi) is 18.7. The minimum absolute atomic E-state index is 0.0151. The van der Waals surface area contributed by atoms with E-state index in [1.807, 2.05) is 55.4 Å². The molecular formula is C35H62N8O7. The van der Waals surface area contributed by atoms with Crippen LogP contribution in [0.2, 0.25) is 0 Å². The van der Waals surface area contributed by atoms with E-state index in [2.05, 4.69) is 36.6 Å². The maximum absolute atomic E-state index is 13.8. The largest absolute Gasteiger partial charge is 0.480 e. The number of carboxylic acids is 1. The summed E-state index contributed by atoms with van der Waals surface area (Å²) in [4.78, 5) is 85.8. The fourth-order valence-electron chi connectivity index (χ4n) is 5.41. The summed E-state index contributed by atoms with van der Waals surface area (Å²) in [5.74, 6) is -4.40. The number of imidazole rings is 1. The van der Waals surface area contributed by atoms with Crippen LogP contribution in [-0.4, -0.2) is 86.8 Å². The summed E-state index contributed by atoms with van der Waals surface area (Å²) in [5.41, 5.74) is 6.51. The molecule has 0 aromatic carbocycles. The Bertz CT molecular complexity index is 1250. The fourth-order valence-corrected chi connectivity index (χ4v) is 5.41. The van der Waals surface area contributed by atoms with E-state index in [9.17, 15) is 33.9 Å². The number of amides is 5. The van der Waals surface area contributed by atoms with E-state index in [1.54, 1.807) is 13.8 Å². The van der Waals surface area contributed by atoms with Crippen LogP contribution in [0.15, 0.2) is 12.5 Å². The van der Waals surface area contributed by atoms with Gasteiger partial charge in [-0.2, -0.15) is 0 Å². The number of hydrogen-bond donors (Lipinski definition) is 8. The highest BCUT2D eigenvalue weighted by atomic mass is 16.4. The van der Waals surface area contributed by atoms with Crippen molar-refractivity contribution in [1.82, 2.24) is 36.6 Å². The number of carbonyl (C=O) groups excluding carboxylic acids is 5. The van der Waals surface area contributed by atoms with Gasteiger partial charge in [0.05, 0.1) is 18.1 Å². The maximum atomic E-state index is 13.8. The van der Waals surface area contributed by atoms with E-state index in [4.69, 9.17) is 5.73 Å². The molecule has 0 radical (unpaired) electrons. The molecule has 9 N–H and O–H groups in total. The van der Waals surface area contributed by atoms with Crippen molar-refractivity contribution in [3.8, 4) is 0 Å². The zero-order valence-electron chi connectivity index (χ0n) is 31.5. The third-order valence-corrected chi connectivity index (χ3v) is 7.91. The predicted molar refractivity (Wildman–Crippen MR) is 190 cm³/mol. The van der Waals surface area contributed by atoms with Crippen LogP contribution in [0.4, 0.5) is 0 Å². The standard InChI is InChI=1S/C35H62N8O7/c1-18(2)11-24(36)30(44)39-25(12-19(3)4)31(45)40-26(13-20(5)6)32(46)41-27(14-21(7)8)33(47)43-29(22(9)10)34(48)42-28(35(49)50)15-23-16-37-17-38-23/h16-22,24-29H,11-15,36H2,1-10H3,(H,37,38)(H,39,44)(H,40,45)(H,41,46)(H,42,48)(H,43,47)(H,49,50). The first-order valence-electron chi connectivity index (χ1n) is 17.7. The minimum atomic E-state index is -1.29. The van der Waals surface area contributed by atoms with E-state index in [0.29, 0.717) is 18.5 Å². The molecule has 0 bridgehead atoms. The molecule has 0 aliphatic carbocycles. The molecule has 0 spiro atoms. The van der Waals surface area contributed by atoms with Crippen molar-refractivity contribution in [1.29, 1.82) is 0 Å². The van der Waals surface area contributed by atoms with E-state index in [1.165, 1.54) is 12.5 Å². The highest BCUT2D eigenvalue weighted by Gasteiger charge is 2.34. The van der Waals surface area contributed by atoms with Crippen molar-refractivity contribution >= 4 is 35.5 Å². The number of aromatic amines is 1. The van der Waals surface area contributed by atoms with Crippen molar-refractivity contribution in [2.24, 2.45) is 35.3 Å². The predicted octanol–water partition coefficient (Wildman–Crippen LogP) is 1.63. The number of carboxylic acid groups (broad SMARTS) is 1. The van der Waals surface area contributed by atoms with Gasteiger partial charge in [0, 0.05) is 12.6 Å². The van der Waals surface area contributed by atoms with Gasteiger partial charge in [-0.1, -0.05) is 69.2 Å². The molecule has 0 saturated carbocycles. The molecule has 1 aromatic rings. The van der Waals surface area contributed by atoms with E-state index in [0.717, 1.165) is 0 Å². The first kappa shape index (κ1) is 44.0. The average Bonchev–Trinajstić information content (AvgIpc) is 3.50. The molecule has 50 heavy (non-hydrogen) atoms. The summed E-state index contributed by atoms with van der Waals surface area (Å²) in [6, 6.07) is -6.20. The van der Waals surface area contributed by atoms with Gasteiger partial charge in [0.25, 0.3) is 0 Å². The van der Waals surface area contributed by atoms with Crippen LogP contribution in [0.1, 0.15) is 101 Å². The van der Waals surface area contributed by atoms with Crippen molar-refractivity contribution in [3.05, 3.63) is 18.2 Å². The van der Waals surface area contributed by atoms with Crippen LogP contribution in [0, 0.1) is 29.6 Å². The number of hydrogen-bond acceptors (Lipinski definition) is 8. The van der Waals surface area contributed by atoms with Gasteiger partial charge in [-0.15, -0.1) is 0 Å². The molecule has 0 saturated heterocycles. The number of H-pyrrole nitrogens is 1. The Hall–Kier alpha value is -4.01. The third kappa shape index (κ3) is 16.1. The van der Waals surface area contributed by atoms with Crippen LogP contribution in [0.5, 0.6) is 0 Å². The number of aromatic nitrogens is 2. The Balaban J connectivity index is 3.18. The monoisotopic (exact) mass is 706 g/mol. The number of nitrogens with two attached hydrogens (primary N) is 1. The molecule has 15 nitrogen and oxygen atoms in total. The Labute approximate surface area is 296 Å². The van der Waals surface area contributed by atoms with Crippen molar-refractivity contribution in [2.45, 2.75) is 138 Å². The number of rotatable bonds is 22. The van der Waals surface area contributed by atoms with Crippen LogP contribution in [-0.2, 0) is 35.2 Å². The smallest absolute Gasteiger partial charge is 0.326 e. The number of carbonyl (C=O) groups is 6. The van der Waals surface area contributed by atoms with Crippen molar-refractivity contribution in [3.63, 3.8) is 0 Å². The summed E-state index contributed by atoms with van der Waals surface area (Å²) >= 11 is 0. The second-order valence-electron chi connectivity index (χ2n) is 15.2. The lowest BCUT2D eigenvalue weighted by Gasteiger charge is -2.29. The van der Waals surface area contributed by atoms with Gasteiger partial charge in [0.15, 0.2) is 0 Å². The fraction of sp³-hybridized carbons (Fsp3) is 0.743. The summed E-state index contributed by atoms with van der Waals surface area (Å²) in [6.45, 7) is 18.7. The molecule has 0 fully saturated rings. The lowest BCUT2D eigenvalue weighted by Crippen LogP contribution is -2.60. The Morgan fingerprint density at radius 1 is 0.620 bits per heavy atom. The normalized spacial score (nSPS) is 15.3. The molecule has 1 rings (SSSR count). The number of aliphatic carboxylic acids is 1. The molecule has 284 valence electrons. The summed E-state index contributed by atoms with van der Waals surface area (Å²) in [6.07, 6.45) is 4.12. The zero-order chi connectivity index (χ0) is 38.3. The summed E-state index contributed by atoms with van der Waals surface area (Å²) < 4.78 is 0. The van der Waals surface area contributed by atoms with Crippen molar-refractivity contribution < 1.29 is 33.9 Å². The van der Waals surface area contributed by atoms with Gasteiger partial charge in [-0.05, 0) is 55.3 Å². The van der Waals surface area contributed by atoms with Gasteiger partial charge in [-0.3, -0.25) is 24.0 Å². The molecule has 0 aliphatic rings. The highest BCUT2D eigenvalue weighted by Crippen LogP contribution is 2.13. The van der Waals surface area contributed by atoms with E-state index < -0.39 is 77.7 Å². The topological polar surface area (TPSA) is 237 Å². The molecule has 15 heteroatoms. The molecule has 1 aromatic heterocycles. The minimum Gasteiger partial charge on any atom is -0.480 e. The third-order valence-electron chi connectivity index (χ3n) is 7.91. The SMILES string of the molecule is CC(C)CC(N)C(=O)NC(CC(C)C)C(=O)NC(CC(C)C)C(=O)NC(CC(C)C)C(=O)NC(C(=O)NC(Cc1c[nH]cn1)C(=O)O)C(C)C. The molecule has 6 unspecified atom stereocenters. The second kappa shape index (κ2) is 21.3.